The van der Waals surface area contributed by atoms with Crippen LogP contribution in [0.2, 0.25) is 0 Å². The first-order valence-electron chi connectivity index (χ1n) is 12.3. The molecule has 7 heteroatoms. The summed E-state index contributed by atoms with van der Waals surface area (Å²) in [4.78, 5) is 46.1. The Kier molecular flexibility index (Phi) is 7.05. The van der Waals surface area contributed by atoms with E-state index in [1.807, 2.05) is 102 Å². The number of nitrogens with zero attached hydrogens (tertiary/aromatic N) is 3. The lowest BCUT2D eigenvalue weighted by Gasteiger charge is -2.52. The van der Waals surface area contributed by atoms with Crippen LogP contribution in [0.15, 0.2) is 104 Å². The van der Waals surface area contributed by atoms with Crippen LogP contribution in [0.5, 0.6) is 0 Å². The van der Waals surface area contributed by atoms with Crippen LogP contribution in [-0.4, -0.2) is 50.5 Å². The molecule has 1 fully saturated rings. The zero-order valence-corrected chi connectivity index (χ0v) is 20.3. The topological polar surface area (TPSA) is 86.4 Å². The molecule has 5 rings (SSSR count). The smallest absolute Gasteiger partial charge is 0.238 e. The SMILES string of the molecule is O=[C][C@@H]1C(=O)CCC(=O)N1N(CCc1c[nH]cn1)C(c1ccccc1)(c1ccccc1)c1ccccc1. The van der Waals surface area contributed by atoms with Crippen LogP contribution in [0, 0.1) is 0 Å². The fourth-order valence-electron chi connectivity index (χ4n) is 5.22. The van der Waals surface area contributed by atoms with Crippen LogP contribution < -0.4 is 0 Å². The Hall–Kier alpha value is -4.36. The monoisotopic (exact) mass is 491 g/mol. The molecule has 4 aromatic rings. The van der Waals surface area contributed by atoms with Gasteiger partial charge < -0.3 is 4.98 Å². The summed E-state index contributed by atoms with van der Waals surface area (Å²) >= 11 is 0. The lowest BCUT2D eigenvalue weighted by atomic mass is 9.76. The highest BCUT2D eigenvalue weighted by Gasteiger charge is 2.50. The lowest BCUT2D eigenvalue weighted by molar-refractivity contribution is -0.171. The molecule has 1 amide bonds. The number of aromatic nitrogens is 2. The average Bonchev–Trinajstić information content (AvgIpc) is 3.48. The Bertz CT molecular complexity index is 1240. The van der Waals surface area contributed by atoms with E-state index in [1.165, 1.54) is 5.01 Å². The van der Waals surface area contributed by atoms with Gasteiger partial charge in [0.2, 0.25) is 12.2 Å². The van der Waals surface area contributed by atoms with Gasteiger partial charge >= 0.3 is 0 Å². The van der Waals surface area contributed by atoms with Crippen LogP contribution >= 0.6 is 0 Å². The molecule has 37 heavy (non-hydrogen) atoms. The molecule has 0 saturated carbocycles. The summed E-state index contributed by atoms with van der Waals surface area (Å²) in [6.07, 6.45) is 5.82. The fourth-order valence-corrected chi connectivity index (χ4v) is 5.22. The number of H-pyrrole nitrogens is 1. The number of benzene rings is 3. The van der Waals surface area contributed by atoms with E-state index in [-0.39, 0.29) is 24.5 Å². The van der Waals surface area contributed by atoms with Crippen LogP contribution in [0.25, 0.3) is 0 Å². The minimum absolute atomic E-state index is 0.0253. The molecule has 185 valence electrons. The molecule has 0 unspecified atom stereocenters. The summed E-state index contributed by atoms with van der Waals surface area (Å²) in [5.41, 5.74) is 2.44. The molecule has 1 aliphatic heterocycles. The molecular weight excluding hydrogens is 464 g/mol. The number of ketones is 1. The van der Waals surface area contributed by atoms with Gasteiger partial charge in [-0.3, -0.25) is 19.4 Å². The zero-order valence-electron chi connectivity index (χ0n) is 20.3. The highest BCUT2D eigenvalue weighted by molar-refractivity contribution is 6.04. The quantitative estimate of drug-likeness (QED) is 0.284. The van der Waals surface area contributed by atoms with Gasteiger partial charge in [-0.05, 0) is 16.7 Å². The second-order valence-corrected chi connectivity index (χ2v) is 8.97. The summed E-state index contributed by atoms with van der Waals surface area (Å²) in [6.45, 7) is 0.306. The molecular formula is C30H27N4O3. The molecule has 1 atom stereocenters. The molecule has 0 aliphatic carbocycles. The minimum Gasteiger partial charge on any atom is -0.351 e. The van der Waals surface area contributed by atoms with Gasteiger partial charge in [-0.2, -0.15) is 5.01 Å². The maximum Gasteiger partial charge on any atom is 0.238 e. The van der Waals surface area contributed by atoms with Crippen molar-refractivity contribution in [3.05, 3.63) is 126 Å². The Morgan fingerprint density at radius 3 is 1.86 bits per heavy atom. The Balaban J connectivity index is 1.82. The number of hydrogen-bond acceptors (Lipinski definition) is 5. The molecule has 7 nitrogen and oxygen atoms in total. The normalized spacial score (nSPS) is 16.2. The zero-order chi connectivity index (χ0) is 25.7. The van der Waals surface area contributed by atoms with Crippen molar-refractivity contribution < 1.29 is 14.4 Å². The molecule has 1 aromatic heterocycles. The van der Waals surface area contributed by atoms with E-state index in [2.05, 4.69) is 9.97 Å². The van der Waals surface area contributed by atoms with Crippen molar-refractivity contribution in [1.82, 2.24) is 20.0 Å². The largest absolute Gasteiger partial charge is 0.351 e. The number of aromatic amines is 1. The summed E-state index contributed by atoms with van der Waals surface area (Å²) in [6, 6.07) is 28.3. The van der Waals surface area contributed by atoms with Crippen molar-refractivity contribution in [3.63, 3.8) is 0 Å². The van der Waals surface area contributed by atoms with Crippen LogP contribution in [0.4, 0.5) is 0 Å². The van der Waals surface area contributed by atoms with Crippen molar-refractivity contribution in [2.45, 2.75) is 30.8 Å². The number of Topliss-reactive ketones (excluding diaryl/α,β-unsaturated/α-hetero) is 1. The van der Waals surface area contributed by atoms with Gasteiger partial charge in [0.25, 0.3) is 0 Å². The summed E-state index contributed by atoms with van der Waals surface area (Å²) < 4.78 is 0. The third kappa shape index (κ3) is 4.49. The van der Waals surface area contributed by atoms with E-state index < -0.39 is 11.6 Å². The number of imidazole rings is 1. The van der Waals surface area contributed by atoms with Crippen molar-refractivity contribution in [2.75, 3.05) is 6.54 Å². The van der Waals surface area contributed by atoms with Gasteiger partial charge in [0.1, 0.15) is 5.54 Å². The second kappa shape index (κ2) is 10.7. The summed E-state index contributed by atoms with van der Waals surface area (Å²) in [5, 5.41) is 3.23. The predicted octanol–water partition coefficient (Wildman–Crippen LogP) is 3.83. The number of carbonyl (C=O) groups excluding carboxylic acids is 3. The number of nitrogens with one attached hydrogen (secondary N) is 1. The van der Waals surface area contributed by atoms with E-state index in [4.69, 9.17) is 0 Å². The number of piperidine rings is 1. The lowest BCUT2D eigenvalue weighted by Crippen LogP contribution is -2.65. The van der Waals surface area contributed by atoms with Crippen molar-refractivity contribution >= 4 is 18.0 Å². The van der Waals surface area contributed by atoms with Crippen LogP contribution in [0.1, 0.15) is 35.2 Å². The van der Waals surface area contributed by atoms with E-state index in [1.54, 1.807) is 12.5 Å². The van der Waals surface area contributed by atoms with Gasteiger partial charge in [-0.15, -0.1) is 0 Å². The maximum absolute atomic E-state index is 13.6. The second-order valence-electron chi connectivity index (χ2n) is 8.97. The standard InChI is InChI=1S/C30H27N4O3/c35-21-27-28(36)16-17-29(37)34(27)33(19-18-26-20-31-22-32-26)30(23-10-4-1-5-11-23,24-12-6-2-7-13-24)25-14-8-3-9-15-25/h1-15,20,22,27H,16-19H2,(H,31,32)/t27-/m1/s1. The fraction of sp³-hybridized carbons (Fsp3) is 0.200. The molecule has 2 heterocycles. The molecule has 1 N–H and O–H groups in total. The Morgan fingerprint density at radius 1 is 0.865 bits per heavy atom. The minimum atomic E-state index is -1.32. The third-order valence-electron chi connectivity index (χ3n) is 6.86. The highest BCUT2D eigenvalue weighted by atomic mass is 16.2. The van der Waals surface area contributed by atoms with E-state index in [0.29, 0.717) is 13.0 Å². The van der Waals surface area contributed by atoms with Crippen molar-refractivity contribution in [1.29, 1.82) is 0 Å². The van der Waals surface area contributed by atoms with E-state index in [0.717, 1.165) is 22.4 Å². The molecule has 0 bridgehead atoms. The maximum atomic E-state index is 13.6. The summed E-state index contributed by atoms with van der Waals surface area (Å²) in [7, 11) is 0. The number of hydrazine groups is 1. The predicted molar refractivity (Wildman–Crippen MR) is 139 cm³/mol. The summed E-state index contributed by atoms with van der Waals surface area (Å²) in [5.74, 6) is -0.607. The Labute approximate surface area is 215 Å². The molecule has 3 aromatic carbocycles. The van der Waals surface area contributed by atoms with Gasteiger partial charge in [0.15, 0.2) is 11.8 Å². The number of amides is 1. The van der Waals surface area contributed by atoms with Crippen molar-refractivity contribution in [2.24, 2.45) is 0 Å². The Morgan fingerprint density at radius 2 is 1.41 bits per heavy atom. The van der Waals surface area contributed by atoms with Crippen molar-refractivity contribution in [3.8, 4) is 0 Å². The first-order valence-corrected chi connectivity index (χ1v) is 12.3. The van der Waals surface area contributed by atoms with Gasteiger partial charge in [-0.1, -0.05) is 91.0 Å². The van der Waals surface area contributed by atoms with Gasteiger partial charge in [-0.25, -0.2) is 4.98 Å². The molecule has 1 saturated heterocycles. The van der Waals surface area contributed by atoms with Gasteiger partial charge in [0, 0.05) is 32.0 Å². The highest BCUT2D eigenvalue weighted by Crippen LogP contribution is 2.44. The van der Waals surface area contributed by atoms with E-state index >= 15 is 0 Å². The molecule has 1 radical (unpaired) electrons. The molecule has 1 aliphatic rings. The van der Waals surface area contributed by atoms with Gasteiger partial charge in [0.05, 0.1) is 12.0 Å². The first-order chi connectivity index (χ1) is 18.2. The number of rotatable bonds is 9. The first kappa shape index (κ1) is 24.3. The van der Waals surface area contributed by atoms with Crippen LogP contribution in [0.3, 0.4) is 0 Å². The number of hydrogen-bond donors (Lipinski definition) is 1. The molecule has 0 spiro atoms. The van der Waals surface area contributed by atoms with Crippen LogP contribution in [-0.2, 0) is 26.3 Å². The third-order valence-corrected chi connectivity index (χ3v) is 6.86. The number of carbonyl (C=O) groups is 2. The van der Waals surface area contributed by atoms with E-state index in [9.17, 15) is 14.4 Å². The average molecular weight is 492 g/mol.